The van der Waals surface area contributed by atoms with Gasteiger partial charge in [0.05, 0.1) is 12.9 Å². The van der Waals surface area contributed by atoms with E-state index in [-0.39, 0.29) is 5.78 Å². The predicted octanol–water partition coefficient (Wildman–Crippen LogP) is 3.34. The number of carbonyl (C=O) groups is 1. The summed E-state index contributed by atoms with van der Waals surface area (Å²) in [5, 5.41) is 0. The van der Waals surface area contributed by atoms with Gasteiger partial charge in [-0.25, -0.2) is 4.98 Å². The van der Waals surface area contributed by atoms with E-state index in [0.29, 0.717) is 6.54 Å². The maximum atomic E-state index is 12.3. The van der Waals surface area contributed by atoms with Crippen molar-refractivity contribution in [2.45, 2.75) is 13.0 Å². The first-order valence-corrected chi connectivity index (χ1v) is 7.01. The van der Waals surface area contributed by atoms with Crippen molar-refractivity contribution in [2.75, 3.05) is 0 Å². The molecule has 0 fully saturated rings. The van der Waals surface area contributed by atoms with Crippen LogP contribution in [0.4, 0.5) is 0 Å². The summed E-state index contributed by atoms with van der Waals surface area (Å²) in [6.45, 7) is 0.339. The molecule has 1 aliphatic carbocycles. The van der Waals surface area contributed by atoms with E-state index >= 15 is 0 Å². The Morgan fingerprint density at radius 3 is 2.81 bits per heavy atom. The number of ketones is 1. The lowest BCUT2D eigenvalue weighted by Gasteiger charge is -2.05. The lowest BCUT2D eigenvalue weighted by Crippen LogP contribution is -2.09. The molecule has 0 bridgehead atoms. The topological polar surface area (TPSA) is 34.9 Å². The summed E-state index contributed by atoms with van der Waals surface area (Å²) in [5.41, 5.74) is 5.90. The molecule has 0 radical (unpaired) electrons. The third kappa shape index (κ3) is 2.07. The summed E-state index contributed by atoms with van der Waals surface area (Å²) in [7, 11) is 0. The number of Topliss-reactive ketones (excluding diaryl/α,β-unsaturated/α-hetero) is 1. The molecular weight excluding hydrogens is 260 g/mol. The highest BCUT2D eigenvalue weighted by Crippen LogP contribution is 2.36. The van der Waals surface area contributed by atoms with Crippen molar-refractivity contribution in [3.8, 4) is 11.1 Å². The largest absolute Gasteiger partial charge is 0.330 e. The number of benzene rings is 2. The SMILES string of the molecule is O=C(Cn1ccnc1)c1ccc2c(c1)Cc1ccccc1-2. The number of imidazole rings is 1. The van der Waals surface area contributed by atoms with Crippen LogP contribution in [0.15, 0.2) is 61.2 Å². The molecule has 0 N–H and O–H groups in total. The van der Waals surface area contributed by atoms with E-state index in [1.165, 1.54) is 22.3 Å². The quantitative estimate of drug-likeness (QED) is 0.537. The summed E-state index contributed by atoms with van der Waals surface area (Å²) in [4.78, 5) is 16.3. The molecule has 1 heterocycles. The van der Waals surface area contributed by atoms with Gasteiger partial charge in [-0.3, -0.25) is 4.79 Å². The minimum atomic E-state index is 0.117. The molecule has 3 aromatic rings. The molecule has 1 aromatic heterocycles. The fourth-order valence-electron chi connectivity index (χ4n) is 2.96. The van der Waals surface area contributed by atoms with Gasteiger partial charge in [0.15, 0.2) is 5.78 Å². The molecule has 0 atom stereocenters. The zero-order valence-electron chi connectivity index (χ0n) is 11.5. The van der Waals surface area contributed by atoms with Gasteiger partial charge in [0, 0.05) is 18.0 Å². The second-order valence-corrected chi connectivity index (χ2v) is 5.36. The molecule has 0 saturated carbocycles. The van der Waals surface area contributed by atoms with Crippen LogP contribution in [-0.4, -0.2) is 15.3 Å². The van der Waals surface area contributed by atoms with E-state index in [1.54, 1.807) is 23.3 Å². The Morgan fingerprint density at radius 1 is 1.10 bits per heavy atom. The van der Waals surface area contributed by atoms with E-state index in [9.17, 15) is 4.79 Å². The molecule has 1 aliphatic rings. The number of hydrogen-bond donors (Lipinski definition) is 0. The number of aromatic nitrogens is 2. The second kappa shape index (κ2) is 4.70. The van der Waals surface area contributed by atoms with Crippen molar-refractivity contribution in [3.63, 3.8) is 0 Å². The molecular formula is C18H14N2O. The Hall–Kier alpha value is -2.68. The lowest BCUT2D eigenvalue weighted by molar-refractivity contribution is 0.0972. The summed E-state index contributed by atoms with van der Waals surface area (Å²) < 4.78 is 1.80. The molecule has 21 heavy (non-hydrogen) atoms. The number of nitrogens with zero attached hydrogens (tertiary/aromatic N) is 2. The summed E-state index contributed by atoms with van der Waals surface area (Å²) in [5.74, 6) is 0.117. The van der Waals surface area contributed by atoms with E-state index in [4.69, 9.17) is 0 Å². The van der Waals surface area contributed by atoms with Crippen LogP contribution < -0.4 is 0 Å². The van der Waals surface area contributed by atoms with E-state index in [0.717, 1.165) is 12.0 Å². The molecule has 0 saturated heterocycles. The summed E-state index contributed by atoms with van der Waals surface area (Å²) >= 11 is 0. The highest BCUT2D eigenvalue weighted by Gasteiger charge is 2.19. The third-order valence-electron chi connectivity index (χ3n) is 4.00. The van der Waals surface area contributed by atoms with Gasteiger partial charge in [-0.1, -0.05) is 36.4 Å². The average molecular weight is 274 g/mol. The Labute approximate surface area is 122 Å². The van der Waals surface area contributed by atoms with Crippen LogP contribution in [0, 0.1) is 0 Å². The molecule has 3 nitrogen and oxygen atoms in total. The van der Waals surface area contributed by atoms with E-state index in [2.05, 4.69) is 35.3 Å². The summed E-state index contributed by atoms with van der Waals surface area (Å²) in [6, 6.07) is 14.5. The molecule has 3 heteroatoms. The smallest absolute Gasteiger partial charge is 0.182 e. The van der Waals surface area contributed by atoms with Crippen LogP contribution in [0.2, 0.25) is 0 Å². The van der Waals surface area contributed by atoms with Crippen LogP contribution in [-0.2, 0) is 13.0 Å². The standard InChI is InChI=1S/C18H14N2O/c21-18(11-20-8-7-19-12-20)14-5-6-17-15(10-14)9-13-3-1-2-4-16(13)17/h1-8,10,12H,9,11H2. The van der Waals surface area contributed by atoms with Crippen molar-refractivity contribution < 1.29 is 4.79 Å². The fraction of sp³-hybridized carbons (Fsp3) is 0.111. The van der Waals surface area contributed by atoms with Crippen molar-refractivity contribution in [3.05, 3.63) is 77.9 Å². The zero-order valence-corrected chi connectivity index (χ0v) is 11.5. The molecule has 102 valence electrons. The van der Waals surface area contributed by atoms with Crippen LogP contribution in [0.5, 0.6) is 0 Å². The minimum absolute atomic E-state index is 0.117. The first-order valence-electron chi connectivity index (χ1n) is 7.01. The molecule has 0 aliphatic heterocycles. The Bertz CT molecular complexity index is 819. The Balaban J connectivity index is 1.65. The first kappa shape index (κ1) is 12.1. The fourth-order valence-corrected chi connectivity index (χ4v) is 2.96. The Kier molecular flexibility index (Phi) is 2.71. The lowest BCUT2D eigenvalue weighted by atomic mass is 10.0. The minimum Gasteiger partial charge on any atom is -0.330 e. The van der Waals surface area contributed by atoms with Crippen LogP contribution >= 0.6 is 0 Å². The molecule has 0 spiro atoms. The Morgan fingerprint density at radius 2 is 1.95 bits per heavy atom. The zero-order chi connectivity index (χ0) is 14.2. The number of rotatable bonds is 3. The van der Waals surface area contributed by atoms with Gasteiger partial charge in [-0.2, -0.15) is 0 Å². The van der Waals surface area contributed by atoms with Gasteiger partial charge >= 0.3 is 0 Å². The van der Waals surface area contributed by atoms with Crippen LogP contribution in [0.25, 0.3) is 11.1 Å². The maximum absolute atomic E-state index is 12.3. The van der Waals surface area contributed by atoms with Gasteiger partial charge in [0.2, 0.25) is 0 Å². The van der Waals surface area contributed by atoms with E-state index in [1.807, 2.05) is 12.1 Å². The molecule has 2 aromatic carbocycles. The number of carbonyl (C=O) groups excluding carboxylic acids is 1. The van der Waals surface area contributed by atoms with Gasteiger partial charge in [0.1, 0.15) is 0 Å². The van der Waals surface area contributed by atoms with Crippen molar-refractivity contribution in [1.29, 1.82) is 0 Å². The van der Waals surface area contributed by atoms with Gasteiger partial charge < -0.3 is 4.57 Å². The normalized spacial score (nSPS) is 12.0. The molecule has 0 unspecified atom stereocenters. The van der Waals surface area contributed by atoms with Gasteiger partial charge in [-0.15, -0.1) is 0 Å². The third-order valence-corrected chi connectivity index (χ3v) is 4.00. The monoisotopic (exact) mass is 274 g/mol. The van der Waals surface area contributed by atoms with Crippen molar-refractivity contribution in [1.82, 2.24) is 9.55 Å². The second-order valence-electron chi connectivity index (χ2n) is 5.36. The van der Waals surface area contributed by atoms with Gasteiger partial charge in [-0.05, 0) is 34.7 Å². The predicted molar refractivity (Wildman–Crippen MR) is 81.2 cm³/mol. The van der Waals surface area contributed by atoms with E-state index < -0.39 is 0 Å². The first-order chi connectivity index (χ1) is 10.3. The van der Waals surface area contributed by atoms with Crippen molar-refractivity contribution >= 4 is 5.78 Å². The average Bonchev–Trinajstić information content (AvgIpc) is 3.13. The summed E-state index contributed by atoms with van der Waals surface area (Å²) in [6.07, 6.45) is 6.08. The van der Waals surface area contributed by atoms with Crippen LogP contribution in [0.3, 0.4) is 0 Å². The molecule has 0 amide bonds. The molecule has 4 rings (SSSR count). The maximum Gasteiger partial charge on any atom is 0.182 e. The highest BCUT2D eigenvalue weighted by molar-refractivity contribution is 5.97. The number of hydrogen-bond acceptors (Lipinski definition) is 2. The van der Waals surface area contributed by atoms with Crippen LogP contribution in [0.1, 0.15) is 21.5 Å². The highest BCUT2D eigenvalue weighted by atomic mass is 16.1. The van der Waals surface area contributed by atoms with Crippen molar-refractivity contribution in [2.24, 2.45) is 0 Å². The number of fused-ring (bicyclic) bond motifs is 3. The van der Waals surface area contributed by atoms with Gasteiger partial charge in [0.25, 0.3) is 0 Å².